The Morgan fingerprint density at radius 2 is 1.71 bits per heavy atom. The molecule has 0 atom stereocenters. The van der Waals surface area contributed by atoms with Gasteiger partial charge in [-0.3, -0.25) is 4.98 Å². The van der Waals surface area contributed by atoms with E-state index in [4.69, 9.17) is 14.2 Å². The number of pyridine rings is 1. The largest absolute Gasteiger partial charge is 0.496 e. The van der Waals surface area contributed by atoms with Gasteiger partial charge in [-0.25, -0.2) is 17.9 Å². The summed E-state index contributed by atoms with van der Waals surface area (Å²) in [5.74, 6) is 0.637. The van der Waals surface area contributed by atoms with Gasteiger partial charge in [-0.15, -0.1) is 0 Å². The van der Waals surface area contributed by atoms with Gasteiger partial charge in [0, 0.05) is 25.3 Å². The average molecular weight is 500 g/mol. The number of carbonyl (C=O) groups is 1. The smallest absolute Gasteiger partial charge is 0.341 e. The average Bonchev–Trinajstić information content (AvgIpc) is 2.88. The second-order valence-corrected chi connectivity index (χ2v) is 9.84. The summed E-state index contributed by atoms with van der Waals surface area (Å²) in [6.07, 6.45) is 2.62. The second-order valence-electron chi connectivity index (χ2n) is 8.13. The summed E-state index contributed by atoms with van der Waals surface area (Å²) in [6.45, 7) is 3.02. The highest BCUT2D eigenvalue weighted by molar-refractivity contribution is 7.89. The van der Waals surface area contributed by atoms with Crippen LogP contribution < -0.4 is 19.1 Å². The Kier molecular flexibility index (Phi) is 7.42. The first-order valence-corrected chi connectivity index (χ1v) is 12.9. The van der Waals surface area contributed by atoms with Gasteiger partial charge in [0.15, 0.2) is 0 Å². The first-order chi connectivity index (χ1) is 16.9. The number of sulfonamides is 1. The highest BCUT2D eigenvalue weighted by atomic mass is 32.2. The molecule has 0 unspecified atom stereocenters. The number of methoxy groups -OCH3 is 2. The van der Waals surface area contributed by atoms with Gasteiger partial charge in [0.05, 0.1) is 36.8 Å². The molecule has 0 spiro atoms. The minimum Gasteiger partial charge on any atom is -0.496 e. The van der Waals surface area contributed by atoms with Crippen molar-refractivity contribution in [2.75, 3.05) is 38.8 Å². The van der Waals surface area contributed by atoms with Crippen LogP contribution in [0.15, 0.2) is 53.6 Å². The van der Waals surface area contributed by atoms with Gasteiger partial charge >= 0.3 is 5.97 Å². The maximum Gasteiger partial charge on any atom is 0.341 e. The SMILES string of the molecule is CCOC(=O)c1cnc2c(OC)ccc(OC)c2c1N1CCC(NS(=O)(=O)c2ccccc2)CC1. The lowest BCUT2D eigenvalue weighted by Gasteiger charge is -2.35. The van der Waals surface area contributed by atoms with Crippen LogP contribution in [0.25, 0.3) is 10.9 Å². The topological polar surface area (TPSA) is 107 Å². The van der Waals surface area contributed by atoms with Crippen LogP contribution in [0.5, 0.6) is 11.5 Å². The summed E-state index contributed by atoms with van der Waals surface area (Å²) in [7, 11) is -0.491. The quantitative estimate of drug-likeness (QED) is 0.470. The number of nitrogens with one attached hydrogen (secondary N) is 1. The van der Waals surface area contributed by atoms with E-state index in [-0.39, 0.29) is 17.5 Å². The number of piperidine rings is 1. The van der Waals surface area contributed by atoms with Crippen LogP contribution in [-0.2, 0) is 14.8 Å². The number of nitrogens with zero attached hydrogens (tertiary/aromatic N) is 2. The van der Waals surface area contributed by atoms with Crippen LogP contribution in [0.4, 0.5) is 5.69 Å². The maximum atomic E-state index is 12.9. The van der Waals surface area contributed by atoms with E-state index in [2.05, 4.69) is 14.6 Å². The number of ether oxygens (including phenoxy) is 3. The van der Waals surface area contributed by atoms with Crippen LogP contribution in [0.1, 0.15) is 30.1 Å². The molecule has 1 N–H and O–H groups in total. The lowest BCUT2D eigenvalue weighted by Crippen LogP contribution is -2.45. The first-order valence-electron chi connectivity index (χ1n) is 11.4. The van der Waals surface area contributed by atoms with Gasteiger partial charge < -0.3 is 19.1 Å². The molecule has 4 rings (SSSR count). The summed E-state index contributed by atoms with van der Waals surface area (Å²) in [5, 5.41) is 0.653. The van der Waals surface area contributed by atoms with Gasteiger partial charge in [0.1, 0.15) is 22.6 Å². The number of benzene rings is 2. The minimum atomic E-state index is -3.61. The van der Waals surface area contributed by atoms with Crippen LogP contribution in [0.3, 0.4) is 0 Å². The van der Waals surface area contributed by atoms with Gasteiger partial charge in [-0.1, -0.05) is 18.2 Å². The summed E-state index contributed by atoms with van der Waals surface area (Å²) >= 11 is 0. The molecule has 2 heterocycles. The van der Waals surface area contributed by atoms with E-state index in [1.165, 1.54) is 6.20 Å². The predicted octanol–water partition coefficient (Wildman–Crippen LogP) is 3.38. The molecule has 1 aliphatic rings. The standard InChI is InChI=1S/C25H29N3O6S/c1-4-34-25(29)19-16-26-23-21(33-3)11-10-20(32-2)22(23)24(19)28-14-12-17(13-15-28)27-35(30,31)18-8-6-5-7-9-18/h5-11,16-17,27H,4,12-15H2,1-3H3. The second kappa shape index (κ2) is 10.5. The number of hydrogen-bond acceptors (Lipinski definition) is 8. The zero-order valence-electron chi connectivity index (χ0n) is 20.0. The molecule has 1 aliphatic heterocycles. The van der Waals surface area contributed by atoms with Crippen molar-refractivity contribution in [1.82, 2.24) is 9.71 Å². The lowest BCUT2D eigenvalue weighted by atomic mass is 10.0. The third-order valence-electron chi connectivity index (χ3n) is 6.04. The highest BCUT2D eigenvalue weighted by Crippen LogP contribution is 2.41. The third-order valence-corrected chi connectivity index (χ3v) is 7.58. The van der Waals surface area contributed by atoms with Crippen molar-refractivity contribution in [3.63, 3.8) is 0 Å². The van der Waals surface area contributed by atoms with Crippen LogP contribution in [0.2, 0.25) is 0 Å². The molecule has 1 fully saturated rings. The van der Waals surface area contributed by atoms with E-state index >= 15 is 0 Å². The number of aromatic nitrogens is 1. The van der Waals surface area contributed by atoms with Crippen LogP contribution >= 0.6 is 0 Å². The molecular weight excluding hydrogens is 470 g/mol. The number of anilines is 1. The van der Waals surface area contributed by atoms with E-state index in [0.717, 1.165) is 0 Å². The first kappa shape index (κ1) is 24.7. The molecule has 35 heavy (non-hydrogen) atoms. The van der Waals surface area contributed by atoms with E-state index in [1.807, 2.05) is 0 Å². The Morgan fingerprint density at radius 3 is 2.34 bits per heavy atom. The van der Waals surface area contributed by atoms with Crippen molar-refractivity contribution in [3.05, 3.63) is 54.2 Å². The fourth-order valence-corrected chi connectivity index (χ4v) is 5.69. The maximum absolute atomic E-state index is 12.9. The number of rotatable bonds is 8. The molecule has 1 saturated heterocycles. The van der Waals surface area contributed by atoms with Crippen molar-refractivity contribution >= 4 is 32.6 Å². The third kappa shape index (κ3) is 5.03. The number of hydrogen-bond donors (Lipinski definition) is 1. The zero-order chi connectivity index (χ0) is 25.0. The van der Waals surface area contributed by atoms with E-state index in [9.17, 15) is 13.2 Å². The zero-order valence-corrected chi connectivity index (χ0v) is 20.8. The Hall–Kier alpha value is -3.37. The molecule has 0 radical (unpaired) electrons. The number of fused-ring (bicyclic) bond motifs is 1. The van der Waals surface area contributed by atoms with Crippen molar-refractivity contribution < 1.29 is 27.4 Å². The van der Waals surface area contributed by atoms with Gasteiger partial charge in [-0.05, 0) is 44.0 Å². The summed E-state index contributed by atoms with van der Waals surface area (Å²) in [5.41, 5.74) is 1.55. The molecule has 2 aromatic carbocycles. The molecule has 3 aromatic rings. The summed E-state index contributed by atoms with van der Waals surface area (Å²) in [6, 6.07) is 11.6. The van der Waals surface area contributed by atoms with Gasteiger partial charge in [0.2, 0.25) is 10.0 Å². The van der Waals surface area contributed by atoms with Gasteiger partial charge in [0.25, 0.3) is 0 Å². The predicted molar refractivity (Wildman–Crippen MR) is 133 cm³/mol. The molecule has 1 aromatic heterocycles. The molecule has 10 heteroatoms. The number of carbonyl (C=O) groups excluding carboxylic acids is 1. The number of esters is 1. The molecule has 0 saturated carbocycles. The fourth-order valence-electron chi connectivity index (χ4n) is 4.37. The molecule has 0 amide bonds. The lowest BCUT2D eigenvalue weighted by molar-refractivity contribution is 0.0526. The Labute approximate surface area is 205 Å². The molecule has 9 nitrogen and oxygen atoms in total. The molecular formula is C25H29N3O6S. The monoisotopic (exact) mass is 499 g/mol. The van der Waals surface area contributed by atoms with Gasteiger partial charge in [-0.2, -0.15) is 0 Å². The fraction of sp³-hybridized carbons (Fsp3) is 0.360. The normalized spacial score (nSPS) is 14.7. The Morgan fingerprint density at radius 1 is 1.06 bits per heavy atom. The van der Waals surface area contributed by atoms with Crippen LogP contribution in [0, 0.1) is 0 Å². The highest BCUT2D eigenvalue weighted by Gasteiger charge is 2.30. The van der Waals surface area contributed by atoms with Crippen molar-refractivity contribution in [2.24, 2.45) is 0 Å². The molecule has 0 bridgehead atoms. The summed E-state index contributed by atoms with van der Waals surface area (Å²) < 4.78 is 44.8. The Balaban J connectivity index is 1.67. The van der Waals surface area contributed by atoms with E-state index in [0.29, 0.717) is 59.6 Å². The Bertz CT molecular complexity index is 1310. The summed E-state index contributed by atoms with van der Waals surface area (Å²) in [4.78, 5) is 19.7. The molecule has 186 valence electrons. The van der Waals surface area contributed by atoms with E-state index < -0.39 is 16.0 Å². The van der Waals surface area contributed by atoms with E-state index in [1.54, 1.807) is 63.6 Å². The van der Waals surface area contributed by atoms with Crippen LogP contribution in [-0.4, -0.2) is 59.3 Å². The van der Waals surface area contributed by atoms with Crippen molar-refractivity contribution in [3.8, 4) is 11.5 Å². The van der Waals surface area contributed by atoms with Crippen molar-refractivity contribution in [2.45, 2.75) is 30.7 Å². The minimum absolute atomic E-state index is 0.230. The molecule has 0 aliphatic carbocycles. The van der Waals surface area contributed by atoms with Crippen molar-refractivity contribution in [1.29, 1.82) is 0 Å².